The Hall–Kier alpha value is -2.74. The topological polar surface area (TPSA) is 110 Å². The molecule has 8 heteroatoms. The largest absolute Gasteiger partial charge is 0.355 e. The van der Waals surface area contributed by atoms with Crippen LogP contribution in [-0.4, -0.2) is 34.0 Å². The van der Waals surface area contributed by atoms with Crippen molar-refractivity contribution >= 4 is 23.1 Å². The van der Waals surface area contributed by atoms with Crippen molar-refractivity contribution in [1.82, 2.24) is 9.97 Å². The van der Waals surface area contributed by atoms with Crippen LogP contribution < -0.4 is 16.0 Å². The number of benzene rings is 1. The third-order valence-electron chi connectivity index (χ3n) is 4.37. The molecule has 1 aromatic carbocycles. The van der Waals surface area contributed by atoms with Gasteiger partial charge in [0.15, 0.2) is 0 Å². The summed E-state index contributed by atoms with van der Waals surface area (Å²) in [5.41, 5.74) is 7.67. The molecule has 2 heterocycles. The zero-order valence-corrected chi connectivity index (χ0v) is 14.9. The lowest BCUT2D eigenvalue weighted by molar-refractivity contribution is -0.384. The smallest absolute Gasteiger partial charge is 0.271 e. The van der Waals surface area contributed by atoms with Crippen molar-refractivity contribution in [3.05, 3.63) is 46.1 Å². The van der Waals surface area contributed by atoms with E-state index in [1.165, 1.54) is 12.1 Å². The van der Waals surface area contributed by atoms with Gasteiger partial charge in [0, 0.05) is 48.7 Å². The summed E-state index contributed by atoms with van der Waals surface area (Å²) in [5.74, 6) is 1.30. The molecule has 1 aromatic heterocycles. The minimum Gasteiger partial charge on any atom is -0.355 e. The van der Waals surface area contributed by atoms with Crippen LogP contribution in [0.15, 0.2) is 30.3 Å². The van der Waals surface area contributed by atoms with Crippen molar-refractivity contribution in [1.29, 1.82) is 0 Å². The van der Waals surface area contributed by atoms with Crippen molar-refractivity contribution in [3.63, 3.8) is 0 Å². The summed E-state index contributed by atoms with van der Waals surface area (Å²) >= 11 is 0. The third-order valence-corrected chi connectivity index (χ3v) is 4.37. The standard InChI is InChI=1S/C18H24N6O2/c1-2-5-14-11-17(23-9-4-6-13(19)12-23)22-18(20-14)21-15-7-3-8-16(10-15)24(25)26/h3,7-8,10-11,13H,2,4-6,9,12,19H2,1H3,(H,20,21,22). The summed E-state index contributed by atoms with van der Waals surface area (Å²) in [6, 6.07) is 8.51. The number of non-ortho nitro benzene ring substituents is 1. The van der Waals surface area contributed by atoms with Crippen LogP contribution in [0, 0.1) is 10.1 Å². The molecular weight excluding hydrogens is 332 g/mol. The molecule has 3 rings (SSSR count). The first-order valence-corrected chi connectivity index (χ1v) is 8.95. The minimum atomic E-state index is -0.417. The van der Waals surface area contributed by atoms with Crippen molar-refractivity contribution in [2.24, 2.45) is 5.73 Å². The van der Waals surface area contributed by atoms with E-state index in [2.05, 4.69) is 27.1 Å². The van der Waals surface area contributed by atoms with E-state index in [0.717, 1.165) is 50.3 Å². The molecule has 138 valence electrons. The monoisotopic (exact) mass is 356 g/mol. The molecule has 0 bridgehead atoms. The molecule has 26 heavy (non-hydrogen) atoms. The molecule has 1 atom stereocenters. The van der Waals surface area contributed by atoms with Gasteiger partial charge in [0.25, 0.3) is 5.69 Å². The molecule has 1 aliphatic heterocycles. The van der Waals surface area contributed by atoms with Gasteiger partial charge in [0.1, 0.15) is 5.82 Å². The molecule has 2 aromatic rings. The molecule has 1 fully saturated rings. The molecule has 0 radical (unpaired) electrons. The van der Waals surface area contributed by atoms with Gasteiger partial charge < -0.3 is 16.0 Å². The highest BCUT2D eigenvalue weighted by atomic mass is 16.6. The Bertz CT molecular complexity index is 782. The van der Waals surface area contributed by atoms with Crippen LogP contribution in [0.2, 0.25) is 0 Å². The summed E-state index contributed by atoms with van der Waals surface area (Å²) in [6.07, 6.45) is 3.90. The maximum absolute atomic E-state index is 11.0. The number of nitrogens with zero attached hydrogens (tertiary/aromatic N) is 4. The summed E-state index contributed by atoms with van der Waals surface area (Å²) in [4.78, 5) is 21.9. The number of nitrogens with one attached hydrogen (secondary N) is 1. The lowest BCUT2D eigenvalue weighted by Gasteiger charge is -2.32. The summed E-state index contributed by atoms with van der Waals surface area (Å²) in [5, 5.41) is 14.1. The first-order chi connectivity index (χ1) is 12.5. The van der Waals surface area contributed by atoms with Crippen molar-refractivity contribution in [2.45, 2.75) is 38.6 Å². The second kappa shape index (κ2) is 8.09. The van der Waals surface area contributed by atoms with Crippen LogP contribution in [0.25, 0.3) is 0 Å². The number of nitro benzene ring substituents is 1. The Kier molecular flexibility index (Phi) is 5.62. The molecule has 0 spiro atoms. The normalized spacial score (nSPS) is 17.2. The number of hydrogen-bond acceptors (Lipinski definition) is 7. The highest BCUT2D eigenvalue weighted by Gasteiger charge is 2.19. The van der Waals surface area contributed by atoms with Crippen LogP contribution in [-0.2, 0) is 6.42 Å². The van der Waals surface area contributed by atoms with Crippen LogP contribution in [0.5, 0.6) is 0 Å². The Morgan fingerprint density at radius 3 is 2.96 bits per heavy atom. The number of rotatable bonds is 6. The van der Waals surface area contributed by atoms with Crippen LogP contribution in [0.1, 0.15) is 31.9 Å². The molecular formula is C18H24N6O2. The summed E-state index contributed by atoms with van der Waals surface area (Å²) < 4.78 is 0. The van der Waals surface area contributed by atoms with E-state index in [1.807, 2.05) is 6.07 Å². The third kappa shape index (κ3) is 4.45. The Morgan fingerprint density at radius 1 is 1.38 bits per heavy atom. The fraction of sp³-hybridized carbons (Fsp3) is 0.444. The SMILES string of the molecule is CCCc1cc(N2CCCC(N)C2)nc(Nc2cccc([N+](=O)[O-])c2)n1. The second-order valence-corrected chi connectivity index (χ2v) is 6.57. The number of nitro groups is 1. The lowest BCUT2D eigenvalue weighted by Crippen LogP contribution is -2.43. The van der Waals surface area contributed by atoms with Crippen LogP contribution >= 0.6 is 0 Å². The fourth-order valence-corrected chi connectivity index (χ4v) is 3.13. The van der Waals surface area contributed by atoms with Gasteiger partial charge in [-0.1, -0.05) is 19.4 Å². The zero-order valence-electron chi connectivity index (χ0n) is 14.9. The van der Waals surface area contributed by atoms with Gasteiger partial charge in [-0.15, -0.1) is 0 Å². The second-order valence-electron chi connectivity index (χ2n) is 6.57. The predicted octanol–water partition coefficient (Wildman–Crippen LogP) is 3.01. The van der Waals surface area contributed by atoms with E-state index in [9.17, 15) is 10.1 Å². The molecule has 1 unspecified atom stereocenters. The highest BCUT2D eigenvalue weighted by molar-refractivity contribution is 5.59. The number of nitrogens with two attached hydrogens (primary N) is 1. The average Bonchev–Trinajstić information content (AvgIpc) is 2.62. The van der Waals surface area contributed by atoms with E-state index >= 15 is 0 Å². The maximum atomic E-state index is 11.0. The van der Waals surface area contributed by atoms with Gasteiger partial charge in [0.05, 0.1) is 4.92 Å². The number of hydrogen-bond donors (Lipinski definition) is 2. The van der Waals surface area contributed by atoms with Crippen LogP contribution in [0.4, 0.5) is 23.1 Å². The molecule has 0 aliphatic carbocycles. The van der Waals surface area contributed by atoms with Crippen molar-refractivity contribution in [3.8, 4) is 0 Å². The number of piperidine rings is 1. The van der Waals surface area contributed by atoms with E-state index in [1.54, 1.807) is 12.1 Å². The van der Waals surface area contributed by atoms with E-state index < -0.39 is 4.92 Å². The number of aromatic nitrogens is 2. The van der Waals surface area contributed by atoms with Crippen molar-refractivity contribution in [2.75, 3.05) is 23.3 Å². The Morgan fingerprint density at radius 2 is 2.23 bits per heavy atom. The van der Waals surface area contributed by atoms with Crippen molar-refractivity contribution < 1.29 is 4.92 Å². The van der Waals surface area contributed by atoms with Gasteiger partial charge in [-0.3, -0.25) is 10.1 Å². The van der Waals surface area contributed by atoms with Gasteiger partial charge in [0.2, 0.25) is 5.95 Å². The molecule has 0 amide bonds. The average molecular weight is 356 g/mol. The van der Waals surface area contributed by atoms with Crippen LogP contribution in [0.3, 0.4) is 0 Å². The minimum absolute atomic E-state index is 0.0296. The van der Waals surface area contributed by atoms with E-state index in [-0.39, 0.29) is 11.7 Å². The van der Waals surface area contributed by atoms with Gasteiger partial charge in [-0.05, 0) is 25.3 Å². The zero-order chi connectivity index (χ0) is 18.5. The van der Waals surface area contributed by atoms with E-state index in [4.69, 9.17) is 5.73 Å². The molecule has 3 N–H and O–H groups in total. The Balaban J connectivity index is 1.88. The number of anilines is 3. The molecule has 0 saturated carbocycles. The number of aryl methyl sites for hydroxylation is 1. The molecule has 1 aliphatic rings. The van der Waals surface area contributed by atoms with Gasteiger partial charge >= 0.3 is 0 Å². The van der Waals surface area contributed by atoms with E-state index in [0.29, 0.717) is 11.6 Å². The van der Waals surface area contributed by atoms with Gasteiger partial charge in [-0.25, -0.2) is 4.98 Å². The highest BCUT2D eigenvalue weighted by Crippen LogP contribution is 2.24. The Labute approximate surface area is 152 Å². The van der Waals surface area contributed by atoms with Gasteiger partial charge in [-0.2, -0.15) is 4.98 Å². The maximum Gasteiger partial charge on any atom is 0.271 e. The first kappa shape index (κ1) is 18.1. The summed E-state index contributed by atoms with van der Waals surface area (Å²) in [7, 11) is 0. The molecule has 1 saturated heterocycles. The summed E-state index contributed by atoms with van der Waals surface area (Å²) in [6.45, 7) is 3.80. The quantitative estimate of drug-likeness (QED) is 0.604. The molecule has 8 nitrogen and oxygen atoms in total. The fourth-order valence-electron chi connectivity index (χ4n) is 3.13. The lowest BCUT2D eigenvalue weighted by atomic mass is 10.1. The first-order valence-electron chi connectivity index (χ1n) is 8.95. The predicted molar refractivity (Wildman–Crippen MR) is 102 cm³/mol.